The molecule has 0 aliphatic heterocycles. The summed E-state index contributed by atoms with van der Waals surface area (Å²) in [6, 6.07) is 7.84. The number of halogens is 2. The number of aromatic nitrogens is 1. The van der Waals surface area contributed by atoms with Crippen molar-refractivity contribution in [2.75, 3.05) is 5.73 Å². The number of rotatable bonds is 3. The molecule has 1 aromatic heterocycles. The lowest BCUT2D eigenvalue weighted by molar-refractivity contribution is 1.09. The number of nitrogens with two attached hydrogens (primary N) is 1. The summed E-state index contributed by atoms with van der Waals surface area (Å²) in [7, 11) is 0. The first kappa shape index (κ1) is 13.7. The highest BCUT2D eigenvalue weighted by atomic mass is 79.9. The van der Waals surface area contributed by atoms with Crippen LogP contribution < -0.4 is 5.73 Å². The van der Waals surface area contributed by atoms with Crippen molar-refractivity contribution < 1.29 is 0 Å². The van der Waals surface area contributed by atoms with Crippen LogP contribution in [0.4, 0.5) is 5.69 Å². The zero-order chi connectivity index (χ0) is 13.1. The normalized spacial score (nSPS) is 10.6. The summed E-state index contributed by atoms with van der Waals surface area (Å²) in [5, 5.41) is 1.71. The highest BCUT2D eigenvalue weighted by Crippen LogP contribution is 2.32. The van der Waals surface area contributed by atoms with Gasteiger partial charge in [-0.3, -0.25) is 0 Å². The second-order valence-electron chi connectivity index (χ2n) is 3.87. The Kier molecular flexibility index (Phi) is 4.54. The minimum Gasteiger partial charge on any atom is -0.397 e. The first-order valence-corrected chi connectivity index (χ1v) is 7.51. The van der Waals surface area contributed by atoms with Crippen molar-refractivity contribution in [1.29, 1.82) is 0 Å². The second kappa shape index (κ2) is 5.95. The van der Waals surface area contributed by atoms with Gasteiger partial charge < -0.3 is 5.73 Å². The highest BCUT2D eigenvalue weighted by Gasteiger charge is 2.08. The number of pyridine rings is 1. The quantitative estimate of drug-likeness (QED) is 0.822. The van der Waals surface area contributed by atoms with Crippen molar-refractivity contribution in [3.63, 3.8) is 0 Å². The number of nitrogens with zero attached hydrogens (tertiary/aromatic N) is 1. The van der Waals surface area contributed by atoms with E-state index in [-0.39, 0.29) is 0 Å². The highest BCUT2D eigenvalue weighted by molar-refractivity contribution is 9.10. The third-order valence-corrected chi connectivity index (χ3v) is 5.11. The van der Waals surface area contributed by atoms with Gasteiger partial charge in [0.25, 0.3) is 0 Å². The first-order chi connectivity index (χ1) is 8.58. The van der Waals surface area contributed by atoms with Gasteiger partial charge in [0.15, 0.2) is 0 Å². The summed E-state index contributed by atoms with van der Waals surface area (Å²) in [4.78, 5) is 4.34. The lowest BCUT2D eigenvalue weighted by Gasteiger charge is -2.08. The van der Waals surface area contributed by atoms with Crippen molar-refractivity contribution in [2.24, 2.45) is 0 Å². The Balaban J connectivity index is 2.11. The lowest BCUT2D eigenvalue weighted by atomic mass is 10.2. The monoisotopic (exact) mass is 342 g/mol. The molecule has 0 saturated heterocycles. The first-order valence-electron chi connectivity index (χ1n) is 5.35. The molecule has 0 aliphatic carbocycles. The molecule has 1 heterocycles. The molecule has 2 aromatic rings. The number of benzene rings is 1. The van der Waals surface area contributed by atoms with Gasteiger partial charge >= 0.3 is 0 Å². The Hall–Kier alpha value is -0.710. The van der Waals surface area contributed by atoms with E-state index in [4.69, 9.17) is 17.3 Å². The summed E-state index contributed by atoms with van der Waals surface area (Å²) in [6.07, 6.45) is 1.70. The molecule has 0 radical (unpaired) electrons. The molecule has 0 saturated carbocycles. The topological polar surface area (TPSA) is 38.9 Å². The SMILES string of the molecule is Cc1c(N)cnc(SCc2ccc(Cl)cc2)c1Br. The second-order valence-corrected chi connectivity index (χ2v) is 6.07. The van der Waals surface area contributed by atoms with E-state index >= 15 is 0 Å². The van der Waals surface area contributed by atoms with Crippen molar-refractivity contribution in [3.8, 4) is 0 Å². The predicted molar refractivity (Wildman–Crippen MR) is 82.1 cm³/mol. The van der Waals surface area contributed by atoms with Crippen LogP contribution in [0.1, 0.15) is 11.1 Å². The van der Waals surface area contributed by atoms with E-state index in [2.05, 4.69) is 20.9 Å². The van der Waals surface area contributed by atoms with E-state index in [9.17, 15) is 0 Å². The fraction of sp³-hybridized carbons (Fsp3) is 0.154. The molecule has 2 N–H and O–H groups in total. The molecule has 0 spiro atoms. The number of thioether (sulfide) groups is 1. The summed E-state index contributed by atoms with van der Waals surface area (Å²) >= 11 is 11.1. The van der Waals surface area contributed by atoms with Crippen LogP contribution in [0.3, 0.4) is 0 Å². The van der Waals surface area contributed by atoms with Crippen LogP contribution in [0, 0.1) is 6.92 Å². The maximum atomic E-state index is 5.85. The Bertz CT molecular complexity index is 558. The number of hydrogen-bond acceptors (Lipinski definition) is 3. The van der Waals surface area contributed by atoms with E-state index in [0.717, 1.165) is 25.8 Å². The van der Waals surface area contributed by atoms with Gasteiger partial charge in [-0.15, -0.1) is 11.8 Å². The molecule has 94 valence electrons. The van der Waals surface area contributed by atoms with E-state index < -0.39 is 0 Å². The zero-order valence-electron chi connectivity index (χ0n) is 9.78. The maximum absolute atomic E-state index is 5.85. The van der Waals surface area contributed by atoms with Gasteiger partial charge in [0.2, 0.25) is 0 Å². The van der Waals surface area contributed by atoms with Gasteiger partial charge in [0, 0.05) is 10.8 Å². The van der Waals surface area contributed by atoms with E-state index in [1.165, 1.54) is 5.56 Å². The molecule has 2 nitrogen and oxygen atoms in total. The molecule has 0 unspecified atom stereocenters. The summed E-state index contributed by atoms with van der Waals surface area (Å²) < 4.78 is 0.974. The summed E-state index contributed by atoms with van der Waals surface area (Å²) in [5.74, 6) is 0.853. The third-order valence-electron chi connectivity index (χ3n) is 2.56. The van der Waals surface area contributed by atoms with Crippen LogP contribution in [-0.2, 0) is 5.75 Å². The lowest BCUT2D eigenvalue weighted by Crippen LogP contribution is -1.94. The van der Waals surface area contributed by atoms with Crippen LogP contribution in [0.15, 0.2) is 40.0 Å². The molecule has 2 rings (SSSR count). The van der Waals surface area contributed by atoms with Crippen LogP contribution in [0.2, 0.25) is 5.02 Å². The zero-order valence-corrected chi connectivity index (χ0v) is 12.9. The van der Waals surface area contributed by atoms with Crippen molar-refractivity contribution in [3.05, 3.63) is 51.1 Å². The van der Waals surface area contributed by atoms with Crippen molar-refractivity contribution in [2.45, 2.75) is 17.7 Å². The van der Waals surface area contributed by atoms with Crippen molar-refractivity contribution >= 4 is 45.0 Å². The summed E-state index contributed by atoms with van der Waals surface area (Å²) in [6.45, 7) is 1.98. The molecule has 0 aliphatic rings. The molecule has 0 fully saturated rings. The predicted octanol–water partition coefficient (Wildman–Crippen LogP) is 4.68. The largest absolute Gasteiger partial charge is 0.397 e. The van der Waals surface area contributed by atoms with Crippen LogP contribution in [0.25, 0.3) is 0 Å². The molecular formula is C13H12BrClN2S. The molecule has 5 heteroatoms. The Morgan fingerprint density at radius 2 is 2.00 bits per heavy atom. The van der Waals surface area contributed by atoms with Crippen molar-refractivity contribution in [1.82, 2.24) is 4.98 Å². The molecule has 18 heavy (non-hydrogen) atoms. The maximum Gasteiger partial charge on any atom is 0.111 e. The van der Waals surface area contributed by atoms with E-state index in [0.29, 0.717) is 5.69 Å². The number of anilines is 1. The minimum absolute atomic E-state index is 0.706. The van der Waals surface area contributed by atoms with Gasteiger partial charge in [-0.25, -0.2) is 4.98 Å². The minimum atomic E-state index is 0.706. The van der Waals surface area contributed by atoms with Crippen LogP contribution in [-0.4, -0.2) is 4.98 Å². The Morgan fingerprint density at radius 1 is 1.33 bits per heavy atom. The molecule has 1 aromatic carbocycles. The Morgan fingerprint density at radius 3 is 2.67 bits per heavy atom. The Labute approximate surface area is 124 Å². The fourth-order valence-electron chi connectivity index (χ4n) is 1.40. The fourth-order valence-corrected chi connectivity index (χ4v) is 3.11. The average Bonchev–Trinajstić information content (AvgIpc) is 2.37. The van der Waals surface area contributed by atoms with Crippen LogP contribution in [0.5, 0.6) is 0 Å². The molecule has 0 atom stereocenters. The van der Waals surface area contributed by atoms with Gasteiger partial charge in [-0.2, -0.15) is 0 Å². The van der Waals surface area contributed by atoms with E-state index in [1.54, 1.807) is 18.0 Å². The van der Waals surface area contributed by atoms with Crippen LogP contribution >= 0.6 is 39.3 Å². The summed E-state index contributed by atoms with van der Waals surface area (Å²) in [5.41, 5.74) is 8.75. The standard InChI is InChI=1S/C13H12BrClN2S/c1-8-11(16)6-17-13(12(8)14)18-7-9-2-4-10(15)5-3-9/h2-6H,7,16H2,1H3. The van der Waals surface area contributed by atoms with Gasteiger partial charge in [-0.1, -0.05) is 23.7 Å². The van der Waals surface area contributed by atoms with Gasteiger partial charge in [0.1, 0.15) is 5.03 Å². The average molecular weight is 344 g/mol. The van der Waals surface area contributed by atoms with Gasteiger partial charge in [-0.05, 0) is 46.1 Å². The smallest absolute Gasteiger partial charge is 0.111 e. The number of nitrogen functional groups attached to an aromatic ring is 1. The molecule has 0 amide bonds. The van der Waals surface area contributed by atoms with Gasteiger partial charge in [0.05, 0.1) is 16.4 Å². The molecule has 0 bridgehead atoms. The van der Waals surface area contributed by atoms with E-state index in [1.807, 2.05) is 31.2 Å². The number of hydrogen-bond donors (Lipinski definition) is 1. The third kappa shape index (κ3) is 3.19. The molecular weight excluding hydrogens is 332 g/mol.